The minimum Gasteiger partial charge on any atom is -0.192 e. The third-order valence-corrected chi connectivity index (χ3v) is 3.58. The Morgan fingerprint density at radius 1 is 1.29 bits per heavy atom. The Morgan fingerprint density at radius 3 is 2.29 bits per heavy atom. The molecule has 74 valence electrons. The molecule has 1 rings (SSSR count). The van der Waals surface area contributed by atoms with E-state index in [1.165, 1.54) is 4.90 Å². The molecule has 0 bridgehead atoms. The molecule has 0 aromatic heterocycles. The van der Waals surface area contributed by atoms with Crippen LogP contribution in [-0.4, -0.2) is 4.75 Å². The summed E-state index contributed by atoms with van der Waals surface area (Å²) in [5.74, 6) is 0. The lowest BCUT2D eigenvalue weighted by Gasteiger charge is -2.21. The zero-order valence-corrected chi connectivity index (χ0v) is 9.69. The first-order chi connectivity index (χ1) is 6.57. The highest BCUT2D eigenvalue weighted by Gasteiger charge is 2.16. The molecule has 0 amide bonds. The molecule has 0 aliphatic carbocycles. The van der Waals surface area contributed by atoms with Gasteiger partial charge in [-0.25, -0.2) is 0 Å². The first-order valence-corrected chi connectivity index (χ1v) is 5.58. The molecular weight excluding hydrogens is 190 g/mol. The summed E-state index contributed by atoms with van der Waals surface area (Å²) < 4.78 is 0.272. The largest absolute Gasteiger partial charge is 0.192 e. The highest BCUT2D eigenvalue weighted by atomic mass is 32.2. The first kappa shape index (κ1) is 11.1. The van der Waals surface area contributed by atoms with E-state index >= 15 is 0 Å². The number of nitriles is 1. The predicted octanol–water partition coefficient (Wildman–Crippen LogP) is 3.84. The Labute approximate surface area is 90.1 Å². The van der Waals surface area contributed by atoms with Gasteiger partial charge in [0.2, 0.25) is 0 Å². The number of hydrogen-bond acceptors (Lipinski definition) is 2. The average molecular weight is 205 g/mol. The Kier molecular flexibility index (Phi) is 3.60. The SMILES string of the molecule is CCC(C)(C)Sc1ccc(C#N)cc1. The minimum absolute atomic E-state index is 0.272. The van der Waals surface area contributed by atoms with Crippen molar-refractivity contribution in [3.8, 4) is 6.07 Å². The fraction of sp³-hybridized carbons (Fsp3) is 0.417. The van der Waals surface area contributed by atoms with E-state index in [2.05, 4.69) is 26.8 Å². The third-order valence-electron chi connectivity index (χ3n) is 2.23. The first-order valence-electron chi connectivity index (χ1n) is 4.76. The number of benzene rings is 1. The highest BCUT2D eigenvalue weighted by Crippen LogP contribution is 2.34. The van der Waals surface area contributed by atoms with Gasteiger partial charge in [0.15, 0.2) is 0 Å². The highest BCUT2D eigenvalue weighted by molar-refractivity contribution is 8.00. The van der Waals surface area contributed by atoms with Gasteiger partial charge in [-0.15, -0.1) is 11.8 Å². The maximum Gasteiger partial charge on any atom is 0.0991 e. The van der Waals surface area contributed by atoms with E-state index in [1.807, 2.05) is 36.0 Å². The van der Waals surface area contributed by atoms with Crippen LogP contribution in [0, 0.1) is 11.3 Å². The van der Waals surface area contributed by atoms with Gasteiger partial charge in [0.25, 0.3) is 0 Å². The number of thioether (sulfide) groups is 1. The standard InChI is InChI=1S/C12H15NS/c1-4-12(2,3)14-11-7-5-10(9-13)6-8-11/h5-8H,4H2,1-3H3. The van der Waals surface area contributed by atoms with Crippen LogP contribution in [0.2, 0.25) is 0 Å². The minimum atomic E-state index is 0.272. The number of nitrogens with zero attached hydrogens (tertiary/aromatic N) is 1. The molecule has 14 heavy (non-hydrogen) atoms. The molecule has 0 heterocycles. The monoisotopic (exact) mass is 205 g/mol. The van der Waals surface area contributed by atoms with Gasteiger partial charge in [-0.3, -0.25) is 0 Å². The lowest BCUT2D eigenvalue weighted by atomic mass is 10.1. The van der Waals surface area contributed by atoms with Crippen LogP contribution in [0.1, 0.15) is 32.8 Å². The van der Waals surface area contributed by atoms with Crippen LogP contribution in [0.5, 0.6) is 0 Å². The molecule has 0 unspecified atom stereocenters. The van der Waals surface area contributed by atoms with E-state index in [9.17, 15) is 0 Å². The van der Waals surface area contributed by atoms with Gasteiger partial charge in [0, 0.05) is 9.64 Å². The van der Waals surface area contributed by atoms with Crippen LogP contribution >= 0.6 is 11.8 Å². The molecule has 0 radical (unpaired) electrons. The third kappa shape index (κ3) is 3.08. The Balaban J connectivity index is 2.75. The molecule has 2 heteroatoms. The molecule has 0 aliphatic heterocycles. The van der Waals surface area contributed by atoms with Gasteiger partial charge < -0.3 is 0 Å². The summed E-state index contributed by atoms with van der Waals surface area (Å²) in [4.78, 5) is 1.23. The lowest BCUT2D eigenvalue weighted by molar-refractivity contribution is 0.684. The normalized spacial score (nSPS) is 11.0. The van der Waals surface area contributed by atoms with Crippen molar-refractivity contribution in [3.63, 3.8) is 0 Å². The van der Waals surface area contributed by atoms with Gasteiger partial charge in [-0.1, -0.05) is 20.8 Å². The van der Waals surface area contributed by atoms with Gasteiger partial charge in [0.1, 0.15) is 0 Å². The van der Waals surface area contributed by atoms with Crippen molar-refractivity contribution in [1.82, 2.24) is 0 Å². The molecule has 1 aromatic carbocycles. The second-order valence-corrected chi connectivity index (χ2v) is 5.63. The van der Waals surface area contributed by atoms with E-state index in [0.29, 0.717) is 0 Å². The second-order valence-electron chi connectivity index (χ2n) is 3.85. The van der Waals surface area contributed by atoms with Gasteiger partial charge in [-0.2, -0.15) is 5.26 Å². The molecule has 0 N–H and O–H groups in total. The Morgan fingerprint density at radius 2 is 1.86 bits per heavy atom. The van der Waals surface area contributed by atoms with Crippen LogP contribution in [0.4, 0.5) is 0 Å². The Hall–Kier alpha value is -0.940. The summed E-state index contributed by atoms with van der Waals surface area (Å²) in [6, 6.07) is 9.89. The molecule has 0 saturated heterocycles. The molecule has 0 aliphatic rings. The van der Waals surface area contributed by atoms with Crippen LogP contribution in [0.25, 0.3) is 0 Å². The van der Waals surface area contributed by atoms with Crippen LogP contribution in [0.15, 0.2) is 29.2 Å². The van der Waals surface area contributed by atoms with E-state index in [4.69, 9.17) is 5.26 Å². The molecule has 0 spiro atoms. The summed E-state index contributed by atoms with van der Waals surface area (Å²) in [5.41, 5.74) is 0.726. The summed E-state index contributed by atoms with van der Waals surface area (Å²) in [6.45, 7) is 6.66. The van der Waals surface area contributed by atoms with Crippen LogP contribution in [0.3, 0.4) is 0 Å². The van der Waals surface area contributed by atoms with Crippen molar-refractivity contribution in [2.24, 2.45) is 0 Å². The number of hydrogen-bond donors (Lipinski definition) is 0. The topological polar surface area (TPSA) is 23.8 Å². The van der Waals surface area contributed by atoms with E-state index < -0.39 is 0 Å². The van der Waals surface area contributed by atoms with E-state index in [0.717, 1.165) is 12.0 Å². The van der Waals surface area contributed by atoms with Crippen LogP contribution < -0.4 is 0 Å². The summed E-state index contributed by atoms with van der Waals surface area (Å²) in [6.07, 6.45) is 1.14. The molecule has 0 fully saturated rings. The van der Waals surface area contributed by atoms with Crippen molar-refractivity contribution in [2.45, 2.75) is 36.8 Å². The van der Waals surface area contributed by atoms with E-state index in [1.54, 1.807) is 0 Å². The molecule has 0 saturated carbocycles. The molecule has 1 nitrogen and oxygen atoms in total. The fourth-order valence-corrected chi connectivity index (χ4v) is 2.04. The fourth-order valence-electron chi connectivity index (χ4n) is 0.989. The summed E-state index contributed by atoms with van der Waals surface area (Å²) in [7, 11) is 0. The maximum absolute atomic E-state index is 8.65. The maximum atomic E-state index is 8.65. The zero-order valence-electron chi connectivity index (χ0n) is 8.87. The van der Waals surface area contributed by atoms with Crippen molar-refractivity contribution in [1.29, 1.82) is 5.26 Å². The van der Waals surface area contributed by atoms with Crippen molar-refractivity contribution in [2.75, 3.05) is 0 Å². The molecule has 1 aromatic rings. The Bertz CT molecular complexity index is 332. The quantitative estimate of drug-likeness (QED) is 0.700. The van der Waals surface area contributed by atoms with E-state index in [-0.39, 0.29) is 4.75 Å². The average Bonchev–Trinajstić information content (AvgIpc) is 2.19. The molecular formula is C12H15NS. The van der Waals surface area contributed by atoms with Gasteiger partial charge >= 0.3 is 0 Å². The number of rotatable bonds is 3. The zero-order chi connectivity index (χ0) is 10.6. The van der Waals surface area contributed by atoms with Gasteiger partial charge in [0.05, 0.1) is 11.6 Å². The lowest BCUT2D eigenvalue weighted by Crippen LogP contribution is -2.11. The predicted molar refractivity (Wildman–Crippen MR) is 61.4 cm³/mol. The van der Waals surface area contributed by atoms with Crippen molar-refractivity contribution in [3.05, 3.63) is 29.8 Å². The van der Waals surface area contributed by atoms with Gasteiger partial charge in [-0.05, 0) is 30.7 Å². The van der Waals surface area contributed by atoms with Crippen molar-refractivity contribution >= 4 is 11.8 Å². The summed E-state index contributed by atoms with van der Waals surface area (Å²) in [5, 5.41) is 8.65. The molecule has 0 atom stereocenters. The summed E-state index contributed by atoms with van der Waals surface area (Å²) >= 11 is 1.86. The van der Waals surface area contributed by atoms with Crippen molar-refractivity contribution < 1.29 is 0 Å². The second kappa shape index (κ2) is 4.52. The van der Waals surface area contributed by atoms with Crippen LogP contribution in [-0.2, 0) is 0 Å². The smallest absolute Gasteiger partial charge is 0.0991 e.